The quantitative estimate of drug-likeness (QED) is 0.239. The molecule has 49 heavy (non-hydrogen) atoms. The van der Waals surface area contributed by atoms with Crippen molar-refractivity contribution in [2.75, 3.05) is 19.8 Å². The summed E-state index contributed by atoms with van der Waals surface area (Å²) in [6, 6.07) is 2.00. The summed E-state index contributed by atoms with van der Waals surface area (Å²) in [5.74, 6) is -2.57. The van der Waals surface area contributed by atoms with E-state index >= 15 is 0 Å². The van der Waals surface area contributed by atoms with Crippen molar-refractivity contribution in [3.05, 3.63) is 39.9 Å². The molecule has 14 heteroatoms. The maximum absolute atomic E-state index is 14.5. The number of hydroxylamine groups is 1. The number of halogens is 2. The normalized spacial score (nSPS) is 23.8. The fourth-order valence-corrected chi connectivity index (χ4v) is 6.84. The van der Waals surface area contributed by atoms with Crippen LogP contribution in [0.15, 0.2) is 24.3 Å². The second-order valence-electron chi connectivity index (χ2n) is 14.7. The summed E-state index contributed by atoms with van der Waals surface area (Å²) in [5.41, 5.74) is 2.37. The Kier molecular flexibility index (Phi) is 11.6. The smallest absolute Gasteiger partial charge is 0.289 e. The standard InChI is InChI=1S/C35H47Cl2N5O7/c1-5-6-25(29(44)32(46)38-22-8-9-22)39-31(45)27-18-35(17-26(41-49-35)21-7-10-23(36)24(37)16-21)19-42(27)33(47)30(34(2,3)4)40-28(43)15-20-11-13-48-14-12-20/h7,10,16-17,20,22,25,27,30,41H,5-6,8-9,11-15,18-19H2,1-4H3,(H,38,46)(H,39,45)(H,40,43)/t25-,27-,30+,35+/m0/s1. The average Bonchev–Trinajstić information content (AvgIpc) is 3.65. The van der Waals surface area contributed by atoms with Gasteiger partial charge in [-0.3, -0.25) is 34.3 Å². The maximum Gasteiger partial charge on any atom is 0.289 e. The first-order valence-corrected chi connectivity index (χ1v) is 17.9. The Hall–Kier alpha value is -3.19. The third kappa shape index (κ3) is 9.14. The van der Waals surface area contributed by atoms with Gasteiger partial charge >= 0.3 is 0 Å². The minimum Gasteiger partial charge on any atom is -0.381 e. The van der Waals surface area contributed by atoms with E-state index in [1.807, 2.05) is 33.8 Å². The predicted molar refractivity (Wildman–Crippen MR) is 184 cm³/mol. The molecular weight excluding hydrogens is 673 g/mol. The molecule has 5 rings (SSSR count). The van der Waals surface area contributed by atoms with E-state index < -0.39 is 52.6 Å². The van der Waals surface area contributed by atoms with Gasteiger partial charge in [-0.25, -0.2) is 0 Å². The van der Waals surface area contributed by atoms with Crippen molar-refractivity contribution in [2.45, 2.75) is 109 Å². The highest BCUT2D eigenvalue weighted by Crippen LogP contribution is 2.39. The fourth-order valence-electron chi connectivity index (χ4n) is 6.54. The van der Waals surface area contributed by atoms with Crippen LogP contribution < -0.4 is 21.4 Å². The number of ketones is 1. The van der Waals surface area contributed by atoms with E-state index in [4.69, 9.17) is 32.8 Å². The van der Waals surface area contributed by atoms with E-state index in [-0.39, 0.29) is 43.7 Å². The Balaban J connectivity index is 1.41. The van der Waals surface area contributed by atoms with Crippen LogP contribution in [0.5, 0.6) is 0 Å². The zero-order valence-corrected chi connectivity index (χ0v) is 30.0. The maximum atomic E-state index is 14.5. The lowest BCUT2D eigenvalue weighted by Crippen LogP contribution is -2.59. The first-order valence-electron chi connectivity index (χ1n) is 17.1. The molecule has 3 aliphatic heterocycles. The number of carbonyl (C=O) groups excluding carboxylic acids is 5. The van der Waals surface area contributed by atoms with Crippen molar-refractivity contribution in [3.8, 4) is 0 Å². The van der Waals surface area contributed by atoms with E-state index in [2.05, 4.69) is 21.4 Å². The molecule has 268 valence electrons. The zero-order chi connectivity index (χ0) is 35.5. The highest BCUT2D eigenvalue weighted by atomic mass is 35.5. The summed E-state index contributed by atoms with van der Waals surface area (Å²) in [4.78, 5) is 75.3. The monoisotopic (exact) mass is 719 g/mol. The van der Waals surface area contributed by atoms with Crippen LogP contribution in [-0.2, 0) is 33.5 Å². The van der Waals surface area contributed by atoms with Crippen LogP contribution in [0.25, 0.3) is 5.70 Å². The minimum absolute atomic E-state index is 0.0152. The molecule has 4 amide bonds. The molecule has 4 atom stereocenters. The van der Waals surface area contributed by atoms with Crippen molar-refractivity contribution < 1.29 is 33.5 Å². The molecule has 1 spiro atoms. The number of nitrogens with one attached hydrogen (secondary N) is 4. The fraction of sp³-hybridized carbons (Fsp3) is 0.629. The molecule has 1 saturated carbocycles. The number of carbonyl (C=O) groups is 5. The van der Waals surface area contributed by atoms with Gasteiger partial charge in [0.15, 0.2) is 0 Å². The Morgan fingerprint density at radius 2 is 1.76 bits per heavy atom. The second kappa shape index (κ2) is 15.4. The third-order valence-electron chi connectivity index (χ3n) is 9.52. The van der Waals surface area contributed by atoms with Crippen LogP contribution in [0.4, 0.5) is 0 Å². The van der Waals surface area contributed by atoms with Crippen molar-refractivity contribution >= 4 is 58.3 Å². The molecule has 1 aliphatic carbocycles. The van der Waals surface area contributed by atoms with Gasteiger partial charge in [0.1, 0.15) is 17.7 Å². The molecule has 2 saturated heterocycles. The van der Waals surface area contributed by atoms with Gasteiger partial charge in [0, 0.05) is 37.7 Å². The Bertz CT molecular complexity index is 1490. The van der Waals surface area contributed by atoms with Gasteiger partial charge in [-0.1, -0.05) is 63.4 Å². The van der Waals surface area contributed by atoms with Gasteiger partial charge in [0.2, 0.25) is 23.5 Å². The number of nitrogens with zero attached hydrogens (tertiary/aromatic N) is 1. The molecule has 4 aliphatic rings. The van der Waals surface area contributed by atoms with Crippen molar-refractivity contribution in [1.29, 1.82) is 0 Å². The highest BCUT2D eigenvalue weighted by molar-refractivity contribution is 6.42. The van der Waals surface area contributed by atoms with Crippen LogP contribution in [0, 0.1) is 11.3 Å². The lowest BCUT2D eigenvalue weighted by molar-refractivity contribution is -0.145. The molecular formula is C35H47Cl2N5O7. The zero-order valence-electron chi connectivity index (χ0n) is 28.5. The summed E-state index contributed by atoms with van der Waals surface area (Å²) in [7, 11) is 0. The molecule has 1 aromatic carbocycles. The summed E-state index contributed by atoms with van der Waals surface area (Å²) in [6.07, 6.45) is 6.10. The number of ether oxygens (including phenoxy) is 1. The number of benzene rings is 1. The third-order valence-corrected chi connectivity index (χ3v) is 10.3. The summed E-state index contributed by atoms with van der Waals surface area (Å²) in [6.45, 7) is 8.61. The van der Waals surface area contributed by atoms with Crippen molar-refractivity contribution in [3.63, 3.8) is 0 Å². The predicted octanol–water partition coefficient (Wildman–Crippen LogP) is 3.69. The summed E-state index contributed by atoms with van der Waals surface area (Å²) >= 11 is 12.4. The van der Waals surface area contributed by atoms with Crippen molar-refractivity contribution in [1.82, 2.24) is 26.3 Å². The molecule has 0 bridgehead atoms. The Morgan fingerprint density at radius 1 is 1.04 bits per heavy atom. The van der Waals surface area contributed by atoms with Crippen LogP contribution >= 0.6 is 23.2 Å². The SMILES string of the molecule is CCC[C@H](NC(=O)[C@@H]1C[C@]2(C=C(c3ccc(Cl)c(Cl)c3)NO2)CN1C(=O)[C@@H](NC(=O)CC1CCOCC1)C(C)(C)C)C(=O)C(=O)NC1CC1. The van der Waals surface area contributed by atoms with E-state index in [9.17, 15) is 24.0 Å². The van der Waals surface area contributed by atoms with Gasteiger partial charge in [-0.15, -0.1) is 0 Å². The molecule has 3 heterocycles. The van der Waals surface area contributed by atoms with E-state index in [1.165, 1.54) is 4.90 Å². The van der Waals surface area contributed by atoms with Gasteiger partial charge in [0.25, 0.3) is 5.91 Å². The van der Waals surface area contributed by atoms with Gasteiger partial charge in [-0.05, 0) is 61.6 Å². The van der Waals surface area contributed by atoms with Crippen LogP contribution in [0.3, 0.4) is 0 Å². The van der Waals surface area contributed by atoms with Gasteiger partial charge < -0.3 is 25.6 Å². The number of amides is 4. The number of Topliss-reactive ketones (excluding diaryl/α,β-unsaturated/α-hetero) is 1. The van der Waals surface area contributed by atoms with Crippen molar-refractivity contribution in [2.24, 2.45) is 11.3 Å². The molecule has 4 N–H and O–H groups in total. The van der Waals surface area contributed by atoms with E-state index in [1.54, 1.807) is 18.2 Å². The topological polar surface area (TPSA) is 155 Å². The first kappa shape index (κ1) is 37.1. The Labute approximate surface area is 297 Å². The van der Waals surface area contributed by atoms with Gasteiger partial charge in [0.05, 0.1) is 28.3 Å². The molecule has 3 fully saturated rings. The van der Waals surface area contributed by atoms with Gasteiger partial charge in [-0.2, -0.15) is 0 Å². The average molecular weight is 721 g/mol. The molecule has 1 aromatic rings. The van der Waals surface area contributed by atoms with Crippen LogP contribution in [0.1, 0.15) is 84.6 Å². The number of hydrogen-bond acceptors (Lipinski definition) is 8. The molecule has 0 radical (unpaired) electrons. The van der Waals surface area contributed by atoms with E-state index in [0.29, 0.717) is 40.9 Å². The second-order valence-corrected chi connectivity index (χ2v) is 15.5. The lowest BCUT2D eigenvalue weighted by Gasteiger charge is -2.36. The number of hydrogen-bond donors (Lipinski definition) is 4. The summed E-state index contributed by atoms with van der Waals surface area (Å²) in [5, 5.41) is 9.21. The van der Waals surface area contributed by atoms with Crippen LogP contribution in [0.2, 0.25) is 10.0 Å². The van der Waals surface area contributed by atoms with E-state index in [0.717, 1.165) is 25.7 Å². The Morgan fingerprint density at radius 3 is 2.39 bits per heavy atom. The number of likely N-dealkylation sites (tertiary alicyclic amines) is 1. The molecule has 0 aromatic heterocycles. The highest BCUT2D eigenvalue weighted by Gasteiger charge is 2.54. The largest absolute Gasteiger partial charge is 0.381 e. The molecule has 12 nitrogen and oxygen atoms in total. The van der Waals surface area contributed by atoms with Crippen LogP contribution in [-0.4, -0.2) is 83.8 Å². The summed E-state index contributed by atoms with van der Waals surface area (Å²) < 4.78 is 5.43. The minimum atomic E-state index is -1.12. The lowest BCUT2D eigenvalue weighted by atomic mass is 9.85. The first-order chi connectivity index (χ1) is 23.2. The molecule has 0 unspecified atom stereocenters. The number of rotatable bonds is 12.